The van der Waals surface area contributed by atoms with Crippen molar-refractivity contribution >= 4 is 22.4 Å². The van der Waals surface area contributed by atoms with Gasteiger partial charge in [-0.2, -0.15) is 0 Å². The number of aromatic nitrogens is 2. The van der Waals surface area contributed by atoms with Crippen LogP contribution in [-0.2, 0) is 11.2 Å². The van der Waals surface area contributed by atoms with Crippen LogP contribution in [0.25, 0.3) is 10.8 Å². The van der Waals surface area contributed by atoms with Crippen molar-refractivity contribution in [1.29, 1.82) is 0 Å². The first-order chi connectivity index (χ1) is 11.0. The van der Waals surface area contributed by atoms with Crippen molar-refractivity contribution in [2.75, 3.05) is 5.32 Å². The van der Waals surface area contributed by atoms with Crippen LogP contribution in [0, 0.1) is 5.82 Å². The number of amides is 1. The smallest absolute Gasteiger partial charge is 0.270 e. The largest absolute Gasteiger partial charge is 0.326 e. The van der Waals surface area contributed by atoms with E-state index in [0.29, 0.717) is 11.3 Å². The molecule has 1 aromatic heterocycles. The quantitative estimate of drug-likeness (QED) is 0.684. The van der Waals surface area contributed by atoms with Gasteiger partial charge in [0.1, 0.15) is 5.82 Å². The molecular formula is C16H12FN3O3. The van der Waals surface area contributed by atoms with E-state index in [1.54, 1.807) is 6.07 Å². The van der Waals surface area contributed by atoms with E-state index in [1.165, 1.54) is 36.4 Å². The van der Waals surface area contributed by atoms with Gasteiger partial charge in [-0.05, 0) is 35.9 Å². The molecule has 0 fully saturated rings. The molecule has 0 bridgehead atoms. The summed E-state index contributed by atoms with van der Waals surface area (Å²) in [4.78, 5) is 35.3. The molecular weight excluding hydrogens is 301 g/mol. The lowest BCUT2D eigenvalue weighted by Crippen LogP contribution is -2.19. The molecule has 3 rings (SSSR count). The third kappa shape index (κ3) is 3.18. The summed E-state index contributed by atoms with van der Waals surface area (Å²) < 4.78 is 13.1. The molecule has 6 nitrogen and oxygen atoms in total. The summed E-state index contributed by atoms with van der Waals surface area (Å²) in [5, 5.41) is 7.48. The number of nitrogens with one attached hydrogen (secondary N) is 3. The minimum Gasteiger partial charge on any atom is -0.326 e. The van der Waals surface area contributed by atoms with Gasteiger partial charge >= 0.3 is 0 Å². The molecule has 0 spiro atoms. The van der Waals surface area contributed by atoms with Gasteiger partial charge in [-0.25, -0.2) is 4.39 Å². The summed E-state index contributed by atoms with van der Waals surface area (Å²) in [6.07, 6.45) is 0.00152. The first-order valence-electron chi connectivity index (χ1n) is 6.82. The van der Waals surface area contributed by atoms with Gasteiger partial charge in [-0.1, -0.05) is 12.1 Å². The molecule has 0 aliphatic carbocycles. The molecule has 0 aliphatic rings. The molecule has 0 aliphatic heterocycles. The number of rotatable bonds is 3. The van der Waals surface area contributed by atoms with E-state index in [2.05, 4.69) is 15.5 Å². The molecule has 1 amide bonds. The van der Waals surface area contributed by atoms with Gasteiger partial charge in [0.15, 0.2) is 0 Å². The monoisotopic (exact) mass is 313 g/mol. The number of carbonyl (C=O) groups excluding carboxylic acids is 1. The Morgan fingerprint density at radius 3 is 2.48 bits per heavy atom. The lowest BCUT2D eigenvalue weighted by atomic mass is 10.1. The molecule has 0 saturated heterocycles. The van der Waals surface area contributed by atoms with Gasteiger partial charge in [-0.15, -0.1) is 0 Å². The molecule has 0 unspecified atom stereocenters. The van der Waals surface area contributed by atoms with Crippen molar-refractivity contribution in [1.82, 2.24) is 10.2 Å². The van der Waals surface area contributed by atoms with Crippen LogP contribution < -0.4 is 16.4 Å². The fraction of sp³-hybridized carbons (Fsp3) is 0.0625. The van der Waals surface area contributed by atoms with Crippen molar-refractivity contribution in [3.63, 3.8) is 0 Å². The predicted octanol–water partition coefficient (Wildman–Crippen LogP) is 1.54. The second-order valence-corrected chi connectivity index (χ2v) is 5.02. The van der Waals surface area contributed by atoms with Gasteiger partial charge in [0.25, 0.3) is 11.1 Å². The van der Waals surface area contributed by atoms with Crippen LogP contribution in [0.3, 0.4) is 0 Å². The van der Waals surface area contributed by atoms with Gasteiger partial charge in [0.2, 0.25) is 5.91 Å². The van der Waals surface area contributed by atoms with Crippen molar-refractivity contribution in [2.45, 2.75) is 6.42 Å². The molecule has 0 radical (unpaired) electrons. The van der Waals surface area contributed by atoms with Gasteiger partial charge in [-0.3, -0.25) is 24.6 Å². The second kappa shape index (κ2) is 5.88. The highest BCUT2D eigenvalue weighted by Gasteiger charge is 2.08. The summed E-state index contributed by atoms with van der Waals surface area (Å²) in [6.45, 7) is 0. The Hall–Kier alpha value is -3.22. The lowest BCUT2D eigenvalue weighted by Gasteiger charge is -2.06. The number of aromatic amines is 2. The summed E-state index contributed by atoms with van der Waals surface area (Å²) in [6, 6.07) is 10.2. The molecule has 23 heavy (non-hydrogen) atoms. The number of halogens is 1. The Balaban J connectivity index is 1.84. The summed E-state index contributed by atoms with van der Waals surface area (Å²) in [5.74, 6) is -0.761. The van der Waals surface area contributed by atoms with Crippen molar-refractivity contribution in [2.24, 2.45) is 0 Å². The highest BCUT2D eigenvalue weighted by molar-refractivity contribution is 5.95. The second-order valence-electron chi connectivity index (χ2n) is 5.02. The minimum absolute atomic E-state index is 0.00152. The van der Waals surface area contributed by atoms with Gasteiger partial charge in [0, 0.05) is 5.69 Å². The van der Waals surface area contributed by atoms with Crippen LogP contribution in [0.5, 0.6) is 0 Å². The Morgan fingerprint density at radius 1 is 1.00 bits per heavy atom. The minimum atomic E-state index is -0.458. The van der Waals surface area contributed by atoms with Crippen molar-refractivity contribution < 1.29 is 9.18 Å². The van der Waals surface area contributed by atoms with E-state index in [-0.39, 0.29) is 23.1 Å². The zero-order valence-corrected chi connectivity index (χ0v) is 11.9. The summed E-state index contributed by atoms with van der Waals surface area (Å²) in [7, 11) is 0. The Labute approximate surface area is 129 Å². The molecule has 3 aromatic rings. The topological polar surface area (TPSA) is 94.8 Å². The zero-order valence-electron chi connectivity index (χ0n) is 11.9. The maximum Gasteiger partial charge on any atom is 0.270 e. The zero-order chi connectivity index (χ0) is 16.4. The number of H-pyrrole nitrogens is 2. The highest BCUT2D eigenvalue weighted by atomic mass is 19.1. The lowest BCUT2D eigenvalue weighted by molar-refractivity contribution is -0.115. The van der Waals surface area contributed by atoms with E-state index in [1.807, 2.05) is 0 Å². The van der Waals surface area contributed by atoms with Crippen molar-refractivity contribution in [3.05, 3.63) is 74.6 Å². The fourth-order valence-electron chi connectivity index (χ4n) is 2.29. The average molecular weight is 313 g/mol. The van der Waals surface area contributed by atoms with Crippen molar-refractivity contribution in [3.8, 4) is 0 Å². The van der Waals surface area contributed by atoms with E-state index < -0.39 is 16.9 Å². The van der Waals surface area contributed by atoms with Crippen LogP contribution in [-0.4, -0.2) is 16.1 Å². The average Bonchev–Trinajstić information content (AvgIpc) is 2.51. The standard InChI is InChI=1S/C16H12FN3O3/c17-10-3-1-2-9(6-10)7-14(21)18-11-4-5-12-13(8-11)16(23)20-19-15(12)22/h1-6,8H,7H2,(H,18,21)(H,19,22)(H,20,23). The molecule has 7 heteroatoms. The van der Waals surface area contributed by atoms with E-state index in [0.717, 1.165) is 0 Å². The van der Waals surface area contributed by atoms with Gasteiger partial charge in [0.05, 0.1) is 17.2 Å². The van der Waals surface area contributed by atoms with Crippen LogP contribution in [0.4, 0.5) is 10.1 Å². The van der Waals surface area contributed by atoms with Crippen LogP contribution >= 0.6 is 0 Å². The number of fused-ring (bicyclic) bond motifs is 1. The maximum absolute atomic E-state index is 13.1. The molecule has 1 heterocycles. The Bertz CT molecular complexity index is 1010. The normalized spacial score (nSPS) is 10.7. The maximum atomic E-state index is 13.1. The fourth-order valence-corrected chi connectivity index (χ4v) is 2.29. The predicted molar refractivity (Wildman–Crippen MR) is 83.9 cm³/mol. The van der Waals surface area contributed by atoms with E-state index in [4.69, 9.17) is 0 Å². The molecule has 2 aromatic carbocycles. The van der Waals surface area contributed by atoms with Crippen LogP contribution in [0.1, 0.15) is 5.56 Å². The first-order valence-corrected chi connectivity index (χ1v) is 6.82. The molecule has 116 valence electrons. The molecule has 3 N–H and O–H groups in total. The van der Waals surface area contributed by atoms with E-state index in [9.17, 15) is 18.8 Å². The number of benzene rings is 2. The summed E-state index contributed by atoms with van der Waals surface area (Å²) in [5.41, 5.74) is 0.0469. The number of carbonyl (C=O) groups is 1. The molecule has 0 saturated carbocycles. The van der Waals surface area contributed by atoms with E-state index >= 15 is 0 Å². The highest BCUT2D eigenvalue weighted by Crippen LogP contribution is 2.14. The Kier molecular flexibility index (Phi) is 3.76. The number of hydrogen-bond donors (Lipinski definition) is 3. The number of anilines is 1. The third-order valence-electron chi connectivity index (χ3n) is 3.34. The third-order valence-corrected chi connectivity index (χ3v) is 3.34. The SMILES string of the molecule is O=C(Cc1cccc(F)c1)Nc1ccc2c(=O)[nH][nH]c(=O)c2c1. The Morgan fingerprint density at radius 2 is 1.74 bits per heavy atom. The van der Waals surface area contributed by atoms with Crippen LogP contribution in [0.15, 0.2) is 52.1 Å². The first kappa shape index (κ1) is 14.7. The number of hydrogen-bond acceptors (Lipinski definition) is 3. The van der Waals surface area contributed by atoms with Crippen LogP contribution in [0.2, 0.25) is 0 Å². The van der Waals surface area contributed by atoms with Gasteiger partial charge < -0.3 is 5.32 Å². The molecule has 0 atom stereocenters. The summed E-state index contributed by atoms with van der Waals surface area (Å²) >= 11 is 0.